The second-order valence-electron chi connectivity index (χ2n) is 8.07. The van der Waals surface area contributed by atoms with Gasteiger partial charge in [-0.05, 0) is 30.7 Å². The maximum atomic E-state index is 13.2. The topological polar surface area (TPSA) is 107 Å². The summed E-state index contributed by atoms with van der Waals surface area (Å²) in [5.74, 6) is 0.728. The van der Waals surface area contributed by atoms with Crippen molar-refractivity contribution in [1.82, 2.24) is 39.7 Å². The Labute approximate surface area is 188 Å². The number of amidine groups is 1. The summed E-state index contributed by atoms with van der Waals surface area (Å²) >= 11 is 0. The van der Waals surface area contributed by atoms with Gasteiger partial charge in [0.2, 0.25) is 0 Å². The van der Waals surface area contributed by atoms with E-state index in [9.17, 15) is 4.79 Å². The molecule has 164 valence electrons. The minimum Gasteiger partial charge on any atom is -0.302 e. The van der Waals surface area contributed by atoms with Crippen molar-refractivity contribution in [3.8, 4) is 16.8 Å². The number of hydrogen-bond donors (Lipinski definition) is 2. The third-order valence-corrected chi connectivity index (χ3v) is 5.97. The van der Waals surface area contributed by atoms with Crippen LogP contribution in [-0.2, 0) is 14.1 Å². The molecule has 0 spiro atoms. The largest absolute Gasteiger partial charge is 0.333 e. The standard InChI is InChI=1S/C23H21N9O/c1-13-20(11-30(2)29-13)32-21-16-8-14(4-6-17(16)25-10-19(21)31(3)23(32)33)15-5-7-18(24-9-15)22-26-12-27-28-22/h4-11,27H,12H2,1-3H3,(H,26,28). The number of nitrogens with zero attached hydrogens (tertiary/aromatic N) is 7. The molecule has 0 fully saturated rings. The number of hydrazine groups is 1. The van der Waals surface area contributed by atoms with Crippen molar-refractivity contribution in [2.45, 2.75) is 6.92 Å². The Hall–Kier alpha value is -4.31. The number of nitrogens with one attached hydrogen (secondary N) is 2. The van der Waals surface area contributed by atoms with Gasteiger partial charge in [-0.1, -0.05) is 12.1 Å². The third-order valence-electron chi connectivity index (χ3n) is 5.97. The summed E-state index contributed by atoms with van der Waals surface area (Å²) in [6.07, 6.45) is 5.44. The number of benzene rings is 1. The number of aromatic nitrogens is 6. The maximum absolute atomic E-state index is 13.2. The highest BCUT2D eigenvalue weighted by atomic mass is 16.1. The lowest BCUT2D eigenvalue weighted by molar-refractivity contribution is 0.727. The average molecular weight is 439 g/mol. The zero-order chi connectivity index (χ0) is 22.7. The van der Waals surface area contributed by atoms with Gasteiger partial charge in [0.25, 0.3) is 0 Å². The number of pyridine rings is 2. The van der Waals surface area contributed by atoms with Gasteiger partial charge in [0.1, 0.15) is 12.4 Å². The van der Waals surface area contributed by atoms with Crippen LogP contribution in [0.1, 0.15) is 11.4 Å². The number of aliphatic imine (C=N–C) groups is 1. The molecule has 2 N–H and O–H groups in total. The van der Waals surface area contributed by atoms with E-state index in [0.717, 1.165) is 56.0 Å². The molecule has 0 bridgehead atoms. The van der Waals surface area contributed by atoms with Crippen LogP contribution in [0, 0.1) is 6.92 Å². The Kier molecular flexibility index (Phi) is 4.17. The molecule has 0 unspecified atom stereocenters. The lowest BCUT2D eigenvalue weighted by Crippen LogP contribution is -2.30. The molecule has 10 heteroatoms. The Morgan fingerprint density at radius 2 is 1.88 bits per heavy atom. The van der Waals surface area contributed by atoms with Crippen LogP contribution >= 0.6 is 0 Å². The van der Waals surface area contributed by atoms with E-state index < -0.39 is 0 Å². The molecule has 4 aromatic heterocycles. The van der Waals surface area contributed by atoms with Gasteiger partial charge in [0.15, 0.2) is 5.84 Å². The normalized spacial score (nSPS) is 13.6. The summed E-state index contributed by atoms with van der Waals surface area (Å²) in [5.41, 5.74) is 12.5. The first-order valence-electron chi connectivity index (χ1n) is 10.5. The molecule has 33 heavy (non-hydrogen) atoms. The van der Waals surface area contributed by atoms with Crippen molar-refractivity contribution in [2.75, 3.05) is 6.67 Å². The second kappa shape index (κ2) is 7.10. The van der Waals surface area contributed by atoms with Crippen LogP contribution in [0.5, 0.6) is 0 Å². The van der Waals surface area contributed by atoms with E-state index in [4.69, 9.17) is 0 Å². The molecule has 1 aliphatic rings. The predicted molar refractivity (Wildman–Crippen MR) is 126 cm³/mol. The van der Waals surface area contributed by atoms with Crippen molar-refractivity contribution in [2.24, 2.45) is 19.1 Å². The van der Waals surface area contributed by atoms with Crippen molar-refractivity contribution < 1.29 is 0 Å². The van der Waals surface area contributed by atoms with Crippen LogP contribution in [0.4, 0.5) is 0 Å². The van der Waals surface area contributed by atoms with Crippen LogP contribution in [0.3, 0.4) is 0 Å². The highest BCUT2D eigenvalue weighted by Crippen LogP contribution is 2.30. The third kappa shape index (κ3) is 2.95. The predicted octanol–water partition coefficient (Wildman–Crippen LogP) is 1.79. The molecule has 5 heterocycles. The fraction of sp³-hybridized carbons (Fsp3) is 0.174. The van der Waals surface area contributed by atoms with Gasteiger partial charge in [-0.3, -0.25) is 23.8 Å². The number of rotatable bonds is 3. The molecule has 6 rings (SSSR count). The van der Waals surface area contributed by atoms with Crippen molar-refractivity contribution in [3.63, 3.8) is 0 Å². The zero-order valence-corrected chi connectivity index (χ0v) is 18.4. The summed E-state index contributed by atoms with van der Waals surface area (Å²) in [6.45, 7) is 2.43. The lowest BCUT2D eigenvalue weighted by Gasteiger charge is -2.08. The Morgan fingerprint density at radius 1 is 1.03 bits per heavy atom. The van der Waals surface area contributed by atoms with Crippen LogP contribution in [0.15, 0.2) is 58.7 Å². The Balaban J connectivity index is 1.57. The van der Waals surface area contributed by atoms with Crippen LogP contribution in [0.25, 0.3) is 38.8 Å². The number of hydrogen-bond acceptors (Lipinski definition) is 7. The quantitative estimate of drug-likeness (QED) is 0.444. The first-order chi connectivity index (χ1) is 16.0. The van der Waals surface area contributed by atoms with Crippen molar-refractivity contribution in [3.05, 3.63) is 70.8 Å². The summed E-state index contributed by atoms with van der Waals surface area (Å²) < 4.78 is 5.07. The molecule has 0 saturated heterocycles. The van der Waals surface area contributed by atoms with Gasteiger partial charge in [-0.2, -0.15) is 5.10 Å². The molecule has 0 atom stereocenters. The van der Waals surface area contributed by atoms with Crippen LogP contribution < -0.4 is 16.5 Å². The smallest absolute Gasteiger partial charge is 0.302 e. The van der Waals surface area contributed by atoms with E-state index in [1.165, 1.54) is 0 Å². The summed E-state index contributed by atoms with van der Waals surface area (Å²) in [6, 6.07) is 10.0. The van der Waals surface area contributed by atoms with Gasteiger partial charge in [0, 0.05) is 37.4 Å². The number of aryl methyl sites for hydroxylation is 3. The van der Waals surface area contributed by atoms with E-state index >= 15 is 0 Å². The highest BCUT2D eigenvalue weighted by molar-refractivity contribution is 6.04. The van der Waals surface area contributed by atoms with E-state index in [1.54, 1.807) is 27.1 Å². The Morgan fingerprint density at radius 3 is 2.58 bits per heavy atom. The summed E-state index contributed by atoms with van der Waals surface area (Å²) in [7, 11) is 3.62. The zero-order valence-electron chi connectivity index (χ0n) is 18.4. The van der Waals surface area contributed by atoms with E-state index in [0.29, 0.717) is 6.67 Å². The fourth-order valence-corrected chi connectivity index (χ4v) is 4.34. The second-order valence-corrected chi connectivity index (χ2v) is 8.07. The monoisotopic (exact) mass is 439 g/mol. The minimum absolute atomic E-state index is 0.134. The SMILES string of the molecule is Cc1nn(C)cc1-n1c(=O)n(C)c2cnc3ccc(-c4ccc(C5=NCNN5)nc4)cc3c21. The van der Waals surface area contributed by atoms with Crippen molar-refractivity contribution >= 4 is 27.8 Å². The molecule has 0 radical (unpaired) electrons. The molecule has 0 saturated carbocycles. The minimum atomic E-state index is -0.134. The molecule has 1 aromatic carbocycles. The highest BCUT2D eigenvalue weighted by Gasteiger charge is 2.19. The number of imidazole rings is 1. The molecular weight excluding hydrogens is 418 g/mol. The molecular formula is C23H21N9O. The van der Waals surface area contributed by atoms with Gasteiger partial charge in [-0.15, -0.1) is 0 Å². The summed E-state index contributed by atoms with van der Waals surface area (Å²) in [5, 5.41) is 5.33. The first kappa shape index (κ1) is 19.4. The van der Waals surface area contributed by atoms with E-state index in [2.05, 4.69) is 37.0 Å². The molecule has 5 aromatic rings. The lowest BCUT2D eigenvalue weighted by atomic mass is 10.0. The summed E-state index contributed by atoms with van der Waals surface area (Å²) in [4.78, 5) is 26.7. The molecule has 10 nitrogen and oxygen atoms in total. The van der Waals surface area contributed by atoms with E-state index in [-0.39, 0.29) is 5.69 Å². The fourth-order valence-electron chi connectivity index (χ4n) is 4.34. The maximum Gasteiger partial charge on any atom is 0.333 e. The molecule has 0 aliphatic carbocycles. The van der Waals surface area contributed by atoms with Crippen LogP contribution in [0.2, 0.25) is 0 Å². The van der Waals surface area contributed by atoms with E-state index in [1.807, 2.05) is 50.6 Å². The van der Waals surface area contributed by atoms with Crippen LogP contribution in [-0.4, -0.2) is 41.4 Å². The van der Waals surface area contributed by atoms with Gasteiger partial charge < -0.3 is 5.43 Å². The average Bonchev–Trinajstić information content (AvgIpc) is 3.53. The number of fused-ring (bicyclic) bond motifs is 3. The first-order valence-corrected chi connectivity index (χ1v) is 10.5. The Bertz CT molecular complexity index is 1640. The molecule has 1 aliphatic heterocycles. The van der Waals surface area contributed by atoms with Crippen molar-refractivity contribution in [1.29, 1.82) is 0 Å². The van der Waals surface area contributed by atoms with Gasteiger partial charge >= 0.3 is 5.69 Å². The molecule has 0 amide bonds. The van der Waals surface area contributed by atoms with Gasteiger partial charge in [-0.25, -0.2) is 15.2 Å². The van der Waals surface area contributed by atoms with Gasteiger partial charge in [0.05, 0.1) is 34.1 Å².